The van der Waals surface area contributed by atoms with Gasteiger partial charge in [0, 0.05) is 29.7 Å². The van der Waals surface area contributed by atoms with Crippen LogP contribution in [0.2, 0.25) is 0 Å². The van der Waals surface area contributed by atoms with Gasteiger partial charge in [0.15, 0.2) is 6.54 Å². The van der Waals surface area contributed by atoms with E-state index in [2.05, 4.69) is 41.5 Å². The summed E-state index contributed by atoms with van der Waals surface area (Å²) in [4.78, 5) is 17.0. The third-order valence-corrected chi connectivity index (χ3v) is 7.23. The Balaban J connectivity index is 1.44. The van der Waals surface area contributed by atoms with Crippen molar-refractivity contribution in [3.8, 4) is 0 Å². The van der Waals surface area contributed by atoms with Gasteiger partial charge in [-0.05, 0) is 62.6 Å². The lowest BCUT2D eigenvalue weighted by Gasteiger charge is -2.40. The van der Waals surface area contributed by atoms with Gasteiger partial charge in [0.25, 0.3) is 5.91 Å². The quantitative estimate of drug-likeness (QED) is 0.869. The number of rotatable bonds is 2. The second-order valence-corrected chi connectivity index (χ2v) is 9.14. The first-order chi connectivity index (χ1) is 13.1. The SMILES string of the molecule is Cc1ccc2c(c1)c1c3n2CCN(C(=O)C[NH+]2CCC(C)CC2)[C@H]3CCC1. The third-order valence-electron chi connectivity index (χ3n) is 7.23. The van der Waals surface area contributed by atoms with Crippen LogP contribution in [0, 0.1) is 12.8 Å². The van der Waals surface area contributed by atoms with Crippen molar-refractivity contribution >= 4 is 16.8 Å². The highest BCUT2D eigenvalue weighted by Crippen LogP contribution is 2.42. The number of benzene rings is 1. The van der Waals surface area contributed by atoms with Crippen molar-refractivity contribution in [1.82, 2.24) is 9.47 Å². The van der Waals surface area contributed by atoms with E-state index in [1.54, 1.807) is 0 Å². The monoisotopic (exact) mass is 366 g/mol. The Labute approximate surface area is 162 Å². The molecule has 4 heteroatoms. The molecule has 0 radical (unpaired) electrons. The summed E-state index contributed by atoms with van der Waals surface area (Å²) in [5.41, 5.74) is 5.67. The molecular formula is C23H32N3O+. The number of likely N-dealkylation sites (tertiary alicyclic amines) is 1. The van der Waals surface area contributed by atoms with Crippen LogP contribution >= 0.6 is 0 Å². The Morgan fingerprint density at radius 1 is 1.19 bits per heavy atom. The van der Waals surface area contributed by atoms with Crippen molar-refractivity contribution in [3.05, 3.63) is 35.0 Å². The number of nitrogens with one attached hydrogen (secondary N) is 1. The molecule has 2 aromatic rings. The van der Waals surface area contributed by atoms with E-state index in [0.717, 1.165) is 44.9 Å². The Morgan fingerprint density at radius 2 is 2.00 bits per heavy atom. The van der Waals surface area contributed by atoms with Gasteiger partial charge in [-0.15, -0.1) is 0 Å². The number of carbonyl (C=O) groups excluding carboxylic acids is 1. The summed E-state index contributed by atoms with van der Waals surface area (Å²) in [6, 6.07) is 7.16. The van der Waals surface area contributed by atoms with Crippen LogP contribution in [0.4, 0.5) is 0 Å². The van der Waals surface area contributed by atoms with E-state index in [1.807, 2.05) is 0 Å². The molecular weight excluding hydrogens is 334 g/mol. The zero-order valence-corrected chi connectivity index (χ0v) is 16.8. The highest BCUT2D eigenvalue weighted by Gasteiger charge is 2.38. The number of quaternary nitrogens is 1. The van der Waals surface area contributed by atoms with Gasteiger partial charge in [-0.2, -0.15) is 0 Å². The summed E-state index contributed by atoms with van der Waals surface area (Å²) < 4.78 is 2.52. The molecule has 2 aliphatic heterocycles. The minimum Gasteiger partial charge on any atom is -0.341 e. The molecule has 0 unspecified atom stereocenters. The highest BCUT2D eigenvalue weighted by molar-refractivity contribution is 5.87. The fourth-order valence-electron chi connectivity index (χ4n) is 5.68. The fourth-order valence-corrected chi connectivity index (χ4v) is 5.68. The number of hydrogen-bond acceptors (Lipinski definition) is 1. The molecule has 3 aliphatic rings. The summed E-state index contributed by atoms with van der Waals surface area (Å²) in [6.07, 6.45) is 6.02. The molecule has 3 heterocycles. The minimum absolute atomic E-state index is 0.297. The van der Waals surface area contributed by atoms with E-state index in [-0.39, 0.29) is 0 Å². The summed E-state index contributed by atoms with van der Waals surface area (Å²) >= 11 is 0. The number of nitrogens with zero attached hydrogens (tertiary/aromatic N) is 2. The molecule has 5 rings (SSSR count). The molecule has 144 valence electrons. The number of amides is 1. The minimum atomic E-state index is 0.297. The molecule has 0 bridgehead atoms. The van der Waals surface area contributed by atoms with Crippen LogP contribution in [0.1, 0.15) is 55.5 Å². The van der Waals surface area contributed by atoms with Crippen LogP contribution in [-0.2, 0) is 17.8 Å². The molecule has 1 aliphatic carbocycles. The molecule has 1 atom stereocenters. The smallest absolute Gasteiger partial charge is 0.278 e. The summed E-state index contributed by atoms with van der Waals surface area (Å²) in [5, 5.41) is 1.43. The van der Waals surface area contributed by atoms with Gasteiger partial charge in [-0.3, -0.25) is 4.79 Å². The maximum atomic E-state index is 13.2. The van der Waals surface area contributed by atoms with Gasteiger partial charge in [-0.25, -0.2) is 0 Å². The Morgan fingerprint density at radius 3 is 2.81 bits per heavy atom. The van der Waals surface area contributed by atoms with Crippen LogP contribution in [0.25, 0.3) is 10.9 Å². The number of piperidine rings is 1. The molecule has 0 saturated carbocycles. The third kappa shape index (κ3) is 2.89. The van der Waals surface area contributed by atoms with Crippen molar-refractivity contribution < 1.29 is 9.69 Å². The average molecular weight is 367 g/mol. The van der Waals surface area contributed by atoms with Crippen molar-refractivity contribution in [2.24, 2.45) is 5.92 Å². The molecule has 1 aromatic heterocycles. The van der Waals surface area contributed by atoms with E-state index < -0.39 is 0 Å². The van der Waals surface area contributed by atoms with Crippen molar-refractivity contribution in [2.75, 3.05) is 26.2 Å². The van der Waals surface area contributed by atoms with Gasteiger partial charge in [0.2, 0.25) is 0 Å². The Bertz CT molecular complexity index is 875. The van der Waals surface area contributed by atoms with Crippen molar-refractivity contribution in [2.45, 2.75) is 58.5 Å². The number of aryl methyl sites for hydroxylation is 2. The zero-order valence-electron chi connectivity index (χ0n) is 16.8. The van der Waals surface area contributed by atoms with E-state index in [9.17, 15) is 4.79 Å². The molecule has 4 nitrogen and oxygen atoms in total. The number of aromatic nitrogens is 1. The van der Waals surface area contributed by atoms with Crippen molar-refractivity contribution in [1.29, 1.82) is 0 Å². The predicted molar refractivity (Wildman–Crippen MR) is 108 cm³/mol. The van der Waals surface area contributed by atoms with Crippen LogP contribution in [0.15, 0.2) is 18.2 Å². The van der Waals surface area contributed by atoms with Gasteiger partial charge >= 0.3 is 0 Å². The molecule has 1 amide bonds. The van der Waals surface area contributed by atoms with Gasteiger partial charge in [0.1, 0.15) is 0 Å². The largest absolute Gasteiger partial charge is 0.341 e. The molecule has 27 heavy (non-hydrogen) atoms. The summed E-state index contributed by atoms with van der Waals surface area (Å²) in [5.74, 6) is 1.21. The first-order valence-corrected chi connectivity index (χ1v) is 10.9. The van der Waals surface area contributed by atoms with Crippen LogP contribution in [-0.4, -0.2) is 41.6 Å². The second kappa shape index (κ2) is 6.66. The van der Waals surface area contributed by atoms with Gasteiger partial charge in [0.05, 0.1) is 19.1 Å². The van der Waals surface area contributed by atoms with Gasteiger partial charge < -0.3 is 14.4 Å². The maximum Gasteiger partial charge on any atom is 0.278 e. The van der Waals surface area contributed by atoms with E-state index in [1.165, 1.54) is 51.9 Å². The van der Waals surface area contributed by atoms with Crippen LogP contribution < -0.4 is 4.90 Å². The topological polar surface area (TPSA) is 29.7 Å². The highest BCUT2D eigenvalue weighted by atomic mass is 16.2. The van der Waals surface area contributed by atoms with Crippen LogP contribution in [0.5, 0.6) is 0 Å². The van der Waals surface area contributed by atoms with Gasteiger partial charge in [-0.1, -0.05) is 18.6 Å². The Hall–Kier alpha value is -1.81. The zero-order chi connectivity index (χ0) is 18.5. The van der Waals surface area contributed by atoms with E-state index in [4.69, 9.17) is 0 Å². The fraction of sp³-hybridized carbons (Fsp3) is 0.609. The molecule has 1 fully saturated rings. The average Bonchev–Trinajstić information content (AvgIpc) is 2.99. The molecule has 1 saturated heterocycles. The molecule has 1 N–H and O–H groups in total. The summed E-state index contributed by atoms with van der Waals surface area (Å²) in [7, 11) is 0. The second-order valence-electron chi connectivity index (χ2n) is 9.14. The number of fused-ring (bicyclic) bond motifs is 3. The standard InChI is InChI=1S/C23H31N3O/c1-16-8-10-24(11-9-16)15-22(27)25-12-13-26-20-7-6-17(2)14-19(20)18-4-3-5-21(25)23(18)26/h6-7,14,16,21H,3-5,8-13,15H2,1-2H3/p+1/t21-/m0/s1. The van der Waals surface area contributed by atoms with E-state index in [0.29, 0.717) is 18.5 Å². The van der Waals surface area contributed by atoms with Crippen LogP contribution in [0.3, 0.4) is 0 Å². The Kier molecular flexibility index (Phi) is 4.27. The predicted octanol–water partition coefficient (Wildman–Crippen LogP) is 2.48. The summed E-state index contributed by atoms with van der Waals surface area (Å²) in [6.45, 7) is 9.36. The molecule has 0 spiro atoms. The number of carbonyl (C=O) groups is 1. The normalized spacial score (nSPS) is 27.6. The lowest BCUT2D eigenvalue weighted by atomic mass is 9.89. The maximum absolute atomic E-state index is 13.2. The first-order valence-electron chi connectivity index (χ1n) is 10.9. The first kappa shape index (κ1) is 17.3. The lowest BCUT2D eigenvalue weighted by Crippen LogP contribution is -3.14. The number of hydrogen-bond donors (Lipinski definition) is 1. The van der Waals surface area contributed by atoms with E-state index >= 15 is 0 Å². The lowest BCUT2D eigenvalue weighted by molar-refractivity contribution is -0.898. The van der Waals surface area contributed by atoms with Crippen molar-refractivity contribution in [3.63, 3.8) is 0 Å². The molecule has 1 aromatic carbocycles.